The SMILES string of the molecule is Cc1ccc(C2COC(CCc3c(C)cc(CC=C(F)F)cc3F)OC2)cc1. The number of ether oxygens (including phenoxy) is 2. The molecule has 2 aromatic carbocycles. The molecule has 2 aromatic rings. The van der Waals surface area contributed by atoms with Gasteiger partial charge in [0.2, 0.25) is 0 Å². The molecule has 1 aliphatic heterocycles. The standard InChI is InChI=1S/C23H25F3O2/c1-15-3-6-18(7-4-15)19-13-27-23(28-14-19)10-8-20-16(2)11-17(12-21(20)24)5-9-22(25)26/h3-4,6-7,9,11-12,19,23H,5,8,10,13-14H2,1-2H3. The number of allylic oxidation sites excluding steroid dienone is 1. The molecule has 28 heavy (non-hydrogen) atoms. The fraction of sp³-hybridized carbons (Fsp3) is 0.391. The van der Waals surface area contributed by atoms with E-state index in [4.69, 9.17) is 9.47 Å². The highest BCUT2D eigenvalue weighted by Crippen LogP contribution is 2.26. The van der Waals surface area contributed by atoms with E-state index in [1.807, 2.05) is 0 Å². The van der Waals surface area contributed by atoms with Crippen LogP contribution >= 0.6 is 0 Å². The molecule has 0 aliphatic carbocycles. The Labute approximate surface area is 164 Å². The van der Waals surface area contributed by atoms with Crippen molar-refractivity contribution >= 4 is 0 Å². The van der Waals surface area contributed by atoms with Gasteiger partial charge < -0.3 is 9.47 Å². The lowest BCUT2D eigenvalue weighted by atomic mass is 9.98. The summed E-state index contributed by atoms with van der Waals surface area (Å²) in [7, 11) is 0. The summed E-state index contributed by atoms with van der Waals surface area (Å²) >= 11 is 0. The van der Waals surface area contributed by atoms with Crippen LogP contribution < -0.4 is 0 Å². The van der Waals surface area contributed by atoms with Gasteiger partial charge in [-0.15, -0.1) is 0 Å². The first-order valence-corrected chi connectivity index (χ1v) is 9.51. The second kappa shape index (κ2) is 9.39. The fourth-order valence-corrected chi connectivity index (χ4v) is 3.48. The van der Waals surface area contributed by atoms with Crippen LogP contribution in [-0.4, -0.2) is 19.5 Å². The van der Waals surface area contributed by atoms with Crippen molar-refractivity contribution in [2.24, 2.45) is 0 Å². The number of aryl methyl sites for hydroxylation is 2. The van der Waals surface area contributed by atoms with Crippen LogP contribution in [0.2, 0.25) is 0 Å². The van der Waals surface area contributed by atoms with Crippen molar-refractivity contribution in [3.05, 3.63) is 82.2 Å². The van der Waals surface area contributed by atoms with E-state index in [9.17, 15) is 13.2 Å². The van der Waals surface area contributed by atoms with Crippen LogP contribution in [-0.2, 0) is 22.3 Å². The lowest BCUT2D eigenvalue weighted by molar-refractivity contribution is -0.189. The predicted octanol–water partition coefficient (Wildman–Crippen LogP) is 5.85. The molecular formula is C23H25F3O2. The quantitative estimate of drug-likeness (QED) is 0.616. The number of hydrogen-bond acceptors (Lipinski definition) is 2. The van der Waals surface area contributed by atoms with Gasteiger partial charge in [-0.2, -0.15) is 8.78 Å². The molecule has 0 N–H and O–H groups in total. The molecular weight excluding hydrogens is 365 g/mol. The lowest BCUT2D eigenvalue weighted by Crippen LogP contribution is -2.31. The first-order chi connectivity index (χ1) is 13.4. The Morgan fingerprint density at radius 1 is 1.07 bits per heavy atom. The molecule has 1 aliphatic rings. The van der Waals surface area contributed by atoms with Gasteiger partial charge in [-0.3, -0.25) is 0 Å². The molecule has 1 heterocycles. The normalized spacial score (nSPS) is 19.5. The zero-order valence-corrected chi connectivity index (χ0v) is 16.2. The van der Waals surface area contributed by atoms with Crippen LogP contribution in [0.3, 0.4) is 0 Å². The zero-order chi connectivity index (χ0) is 20.1. The zero-order valence-electron chi connectivity index (χ0n) is 16.2. The van der Waals surface area contributed by atoms with E-state index >= 15 is 0 Å². The Balaban J connectivity index is 1.53. The summed E-state index contributed by atoms with van der Waals surface area (Å²) in [5.74, 6) is -0.158. The summed E-state index contributed by atoms with van der Waals surface area (Å²) in [6.07, 6.45) is -0.263. The van der Waals surface area contributed by atoms with Gasteiger partial charge in [0, 0.05) is 12.3 Å². The Bertz CT molecular complexity index is 795. The summed E-state index contributed by atoms with van der Waals surface area (Å²) in [6, 6.07) is 11.4. The fourth-order valence-electron chi connectivity index (χ4n) is 3.48. The number of halogens is 3. The van der Waals surface area contributed by atoms with E-state index in [0.717, 1.165) is 11.6 Å². The summed E-state index contributed by atoms with van der Waals surface area (Å²) in [6.45, 7) is 5.01. The van der Waals surface area contributed by atoms with E-state index in [1.165, 1.54) is 17.2 Å². The Morgan fingerprint density at radius 3 is 2.36 bits per heavy atom. The van der Waals surface area contributed by atoms with Crippen LogP contribution in [0, 0.1) is 19.7 Å². The van der Waals surface area contributed by atoms with Crippen molar-refractivity contribution in [3.8, 4) is 0 Å². The maximum absolute atomic E-state index is 14.4. The van der Waals surface area contributed by atoms with Crippen molar-refractivity contribution in [2.75, 3.05) is 13.2 Å². The molecule has 0 aromatic heterocycles. The first-order valence-electron chi connectivity index (χ1n) is 9.51. The van der Waals surface area contributed by atoms with Crippen LogP contribution in [0.1, 0.15) is 40.2 Å². The number of hydrogen-bond donors (Lipinski definition) is 0. The van der Waals surface area contributed by atoms with E-state index < -0.39 is 6.08 Å². The molecule has 0 saturated carbocycles. The van der Waals surface area contributed by atoms with Gasteiger partial charge in [-0.1, -0.05) is 35.9 Å². The average Bonchev–Trinajstić information content (AvgIpc) is 2.67. The molecule has 1 saturated heterocycles. The highest BCUT2D eigenvalue weighted by molar-refractivity contribution is 5.34. The number of rotatable bonds is 6. The Hall–Kier alpha value is -2.11. The minimum atomic E-state index is -1.75. The van der Waals surface area contributed by atoms with Gasteiger partial charge in [0.15, 0.2) is 6.29 Å². The lowest BCUT2D eigenvalue weighted by Gasteiger charge is -2.30. The Morgan fingerprint density at radius 2 is 1.75 bits per heavy atom. The molecule has 0 spiro atoms. The number of benzene rings is 2. The summed E-state index contributed by atoms with van der Waals surface area (Å²) < 4.78 is 50.5. The average molecular weight is 390 g/mol. The molecule has 0 radical (unpaired) electrons. The molecule has 2 nitrogen and oxygen atoms in total. The van der Waals surface area contributed by atoms with Gasteiger partial charge >= 0.3 is 0 Å². The predicted molar refractivity (Wildman–Crippen MR) is 103 cm³/mol. The minimum absolute atomic E-state index is 0.0234. The highest BCUT2D eigenvalue weighted by Gasteiger charge is 2.24. The molecule has 0 bridgehead atoms. The minimum Gasteiger partial charge on any atom is -0.352 e. The smallest absolute Gasteiger partial charge is 0.266 e. The molecule has 0 amide bonds. The summed E-state index contributed by atoms with van der Waals surface area (Å²) in [5.41, 5.74) is 4.30. The topological polar surface area (TPSA) is 18.5 Å². The van der Waals surface area contributed by atoms with Gasteiger partial charge in [0.05, 0.1) is 13.2 Å². The largest absolute Gasteiger partial charge is 0.352 e. The second-order valence-electron chi connectivity index (χ2n) is 7.31. The monoisotopic (exact) mass is 390 g/mol. The van der Waals surface area contributed by atoms with Gasteiger partial charge in [0.25, 0.3) is 6.08 Å². The van der Waals surface area contributed by atoms with E-state index in [0.29, 0.717) is 37.2 Å². The maximum atomic E-state index is 14.4. The van der Waals surface area contributed by atoms with Crippen LogP contribution in [0.25, 0.3) is 0 Å². The van der Waals surface area contributed by atoms with Crippen LogP contribution in [0.15, 0.2) is 48.6 Å². The molecule has 0 unspecified atom stereocenters. The summed E-state index contributed by atoms with van der Waals surface area (Å²) in [4.78, 5) is 0. The van der Waals surface area contributed by atoms with E-state index in [2.05, 4.69) is 31.2 Å². The van der Waals surface area contributed by atoms with Gasteiger partial charge in [0.1, 0.15) is 5.82 Å². The third kappa shape index (κ3) is 5.46. The highest BCUT2D eigenvalue weighted by atomic mass is 19.3. The van der Waals surface area contributed by atoms with Crippen LogP contribution in [0.5, 0.6) is 0 Å². The van der Waals surface area contributed by atoms with Crippen molar-refractivity contribution in [3.63, 3.8) is 0 Å². The third-order valence-electron chi connectivity index (χ3n) is 5.12. The van der Waals surface area contributed by atoms with Gasteiger partial charge in [-0.05, 0) is 61.1 Å². The molecule has 1 fully saturated rings. The molecule has 5 heteroatoms. The van der Waals surface area contributed by atoms with E-state index in [1.54, 1.807) is 13.0 Å². The van der Waals surface area contributed by atoms with Crippen LogP contribution in [0.4, 0.5) is 13.2 Å². The Kier molecular flexibility index (Phi) is 6.92. The summed E-state index contributed by atoms with van der Waals surface area (Å²) in [5, 5.41) is 0. The van der Waals surface area contributed by atoms with Crippen molar-refractivity contribution < 1.29 is 22.6 Å². The first kappa shape index (κ1) is 20.6. The molecule has 150 valence electrons. The second-order valence-corrected chi connectivity index (χ2v) is 7.31. The molecule has 0 atom stereocenters. The van der Waals surface area contributed by atoms with Crippen molar-refractivity contribution in [2.45, 2.75) is 45.3 Å². The van der Waals surface area contributed by atoms with E-state index in [-0.39, 0.29) is 24.4 Å². The maximum Gasteiger partial charge on any atom is 0.266 e. The van der Waals surface area contributed by atoms with Gasteiger partial charge in [-0.25, -0.2) is 4.39 Å². The molecule has 3 rings (SSSR count). The third-order valence-corrected chi connectivity index (χ3v) is 5.12. The van der Waals surface area contributed by atoms with Crippen molar-refractivity contribution in [1.29, 1.82) is 0 Å². The van der Waals surface area contributed by atoms with Crippen molar-refractivity contribution in [1.82, 2.24) is 0 Å².